The third-order valence-corrected chi connectivity index (χ3v) is 3.71. The van der Waals surface area contributed by atoms with Gasteiger partial charge in [0.2, 0.25) is 11.8 Å². The van der Waals surface area contributed by atoms with Gasteiger partial charge in [-0.1, -0.05) is 37.4 Å². The average Bonchev–Trinajstić information content (AvgIpc) is 2.67. The van der Waals surface area contributed by atoms with Crippen LogP contribution in [0.25, 0.3) is 11.4 Å². The van der Waals surface area contributed by atoms with Gasteiger partial charge < -0.3 is 21.3 Å². The Morgan fingerprint density at radius 1 is 0.643 bits per heavy atom. The molecule has 0 aliphatic carbocycles. The Morgan fingerprint density at radius 2 is 0.929 bits per heavy atom. The van der Waals surface area contributed by atoms with E-state index in [4.69, 9.17) is 0 Å². The van der Waals surface area contributed by atoms with Gasteiger partial charge in [0.1, 0.15) is 0 Å². The first-order valence-electron chi connectivity index (χ1n) is 8.76. The molecule has 0 bridgehead atoms. The summed E-state index contributed by atoms with van der Waals surface area (Å²) in [7, 11) is 3.65. The lowest BCUT2D eigenvalue weighted by atomic mass is 10.1. The van der Waals surface area contributed by atoms with Crippen LogP contribution in [0.5, 0.6) is 0 Å². The first-order chi connectivity index (χ1) is 13.3. The molecule has 0 saturated heterocycles. The van der Waals surface area contributed by atoms with Crippen molar-refractivity contribution in [2.24, 2.45) is 0 Å². The van der Waals surface area contributed by atoms with Crippen LogP contribution in [0.4, 0.5) is 11.4 Å². The summed E-state index contributed by atoms with van der Waals surface area (Å²) in [6.07, 6.45) is 0. The SMILES string of the molecule is C=C(NC)c1ccc(NC(C)=O)cc1.C=C(NC)c1ccc(NC(C)=O)cc1. The topological polar surface area (TPSA) is 82.3 Å². The molecular formula is C22H28N4O2. The van der Waals surface area contributed by atoms with Crippen molar-refractivity contribution in [1.29, 1.82) is 0 Å². The van der Waals surface area contributed by atoms with E-state index in [-0.39, 0.29) is 11.8 Å². The van der Waals surface area contributed by atoms with Gasteiger partial charge in [0.25, 0.3) is 0 Å². The van der Waals surface area contributed by atoms with Crippen LogP contribution >= 0.6 is 0 Å². The van der Waals surface area contributed by atoms with Crippen LogP contribution in [-0.4, -0.2) is 25.9 Å². The standard InChI is InChI=1S/2C11H14N2O/c2*1-8(12-3)10-4-6-11(7-5-10)13-9(2)14/h2*4-7,12H,1H2,2-3H3,(H,13,14). The molecule has 28 heavy (non-hydrogen) atoms. The van der Waals surface area contributed by atoms with E-state index in [1.807, 2.05) is 62.6 Å². The fourth-order valence-electron chi connectivity index (χ4n) is 2.20. The molecule has 0 atom stereocenters. The van der Waals surface area contributed by atoms with Crippen LogP contribution in [0, 0.1) is 0 Å². The maximum absolute atomic E-state index is 10.7. The molecule has 0 heterocycles. The predicted octanol–water partition coefficient (Wildman–Crippen LogP) is 3.67. The second-order valence-electron chi connectivity index (χ2n) is 5.97. The zero-order chi connectivity index (χ0) is 21.1. The van der Waals surface area contributed by atoms with Gasteiger partial charge in [-0.2, -0.15) is 0 Å². The maximum Gasteiger partial charge on any atom is 0.221 e. The molecule has 0 saturated carbocycles. The van der Waals surface area contributed by atoms with E-state index in [9.17, 15) is 9.59 Å². The van der Waals surface area contributed by atoms with Gasteiger partial charge in [-0.15, -0.1) is 0 Å². The van der Waals surface area contributed by atoms with Crippen molar-refractivity contribution in [2.75, 3.05) is 24.7 Å². The van der Waals surface area contributed by atoms with Gasteiger partial charge in [0, 0.05) is 50.7 Å². The van der Waals surface area contributed by atoms with Gasteiger partial charge in [-0.05, 0) is 35.4 Å². The summed E-state index contributed by atoms with van der Waals surface area (Å²) in [4.78, 5) is 21.5. The molecule has 0 unspecified atom stereocenters. The molecule has 0 aromatic heterocycles. The summed E-state index contributed by atoms with van der Waals surface area (Å²) in [6.45, 7) is 10.6. The van der Waals surface area contributed by atoms with Crippen molar-refractivity contribution < 1.29 is 9.59 Å². The van der Waals surface area contributed by atoms with Gasteiger partial charge in [0.15, 0.2) is 0 Å². The molecular weight excluding hydrogens is 352 g/mol. The second-order valence-corrected chi connectivity index (χ2v) is 5.97. The minimum atomic E-state index is -0.0646. The van der Waals surface area contributed by atoms with E-state index >= 15 is 0 Å². The van der Waals surface area contributed by atoms with Gasteiger partial charge in [-0.25, -0.2) is 0 Å². The third-order valence-electron chi connectivity index (χ3n) is 3.71. The highest BCUT2D eigenvalue weighted by atomic mass is 16.2. The van der Waals surface area contributed by atoms with Crippen LogP contribution in [0.3, 0.4) is 0 Å². The Labute approximate surface area is 166 Å². The van der Waals surface area contributed by atoms with Crippen molar-refractivity contribution in [3.63, 3.8) is 0 Å². The van der Waals surface area contributed by atoms with E-state index in [1.165, 1.54) is 13.8 Å². The van der Waals surface area contributed by atoms with E-state index in [2.05, 4.69) is 34.4 Å². The quantitative estimate of drug-likeness (QED) is 0.616. The predicted molar refractivity (Wildman–Crippen MR) is 118 cm³/mol. The van der Waals surface area contributed by atoms with E-state index in [0.29, 0.717) is 0 Å². The number of carbonyl (C=O) groups is 2. The summed E-state index contributed by atoms with van der Waals surface area (Å²) in [5.41, 5.74) is 5.34. The number of hydrogen-bond donors (Lipinski definition) is 4. The number of nitrogens with one attached hydrogen (secondary N) is 4. The molecule has 2 rings (SSSR count). The summed E-state index contributed by atoms with van der Waals surface area (Å²) in [5.74, 6) is -0.129. The van der Waals surface area contributed by atoms with Gasteiger partial charge >= 0.3 is 0 Å². The molecule has 2 amide bonds. The zero-order valence-electron chi connectivity index (χ0n) is 16.8. The molecule has 0 radical (unpaired) electrons. The minimum Gasteiger partial charge on any atom is -0.388 e. The number of anilines is 2. The normalized spacial score (nSPS) is 9.29. The second kappa shape index (κ2) is 11.2. The van der Waals surface area contributed by atoms with Crippen LogP contribution in [0.15, 0.2) is 61.7 Å². The van der Waals surface area contributed by atoms with Crippen molar-refractivity contribution in [3.8, 4) is 0 Å². The molecule has 0 fully saturated rings. The van der Waals surface area contributed by atoms with Crippen LogP contribution < -0.4 is 21.3 Å². The molecule has 6 heteroatoms. The molecule has 4 N–H and O–H groups in total. The Balaban J connectivity index is 0.000000280. The Bertz CT molecular complexity index is 753. The van der Waals surface area contributed by atoms with Gasteiger partial charge in [0.05, 0.1) is 0 Å². The number of amides is 2. The average molecular weight is 380 g/mol. The Hall–Kier alpha value is -3.54. The van der Waals surface area contributed by atoms with Crippen LogP contribution in [-0.2, 0) is 9.59 Å². The van der Waals surface area contributed by atoms with Crippen molar-refractivity contribution >= 4 is 34.6 Å². The lowest BCUT2D eigenvalue weighted by Gasteiger charge is -2.06. The van der Waals surface area contributed by atoms with E-state index < -0.39 is 0 Å². The van der Waals surface area contributed by atoms with Crippen LogP contribution in [0.2, 0.25) is 0 Å². The molecule has 148 valence electrons. The minimum absolute atomic E-state index is 0.0646. The Kier molecular flexibility index (Phi) is 9.03. The van der Waals surface area contributed by atoms with Gasteiger partial charge in [-0.3, -0.25) is 9.59 Å². The van der Waals surface area contributed by atoms with E-state index in [1.54, 1.807) is 0 Å². The third kappa shape index (κ3) is 7.78. The number of benzene rings is 2. The summed E-state index contributed by atoms with van der Waals surface area (Å²) in [6, 6.07) is 15.0. The first kappa shape index (κ1) is 22.5. The lowest BCUT2D eigenvalue weighted by Crippen LogP contribution is -2.06. The lowest BCUT2D eigenvalue weighted by molar-refractivity contribution is -0.115. The van der Waals surface area contributed by atoms with Crippen molar-refractivity contribution in [2.45, 2.75) is 13.8 Å². The highest BCUT2D eigenvalue weighted by molar-refractivity contribution is 5.89. The summed E-state index contributed by atoms with van der Waals surface area (Å²) >= 11 is 0. The zero-order valence-corrected chi connectivity index (χ0v) is 16.8. The number of carbonyl (C=O) groups excluding carboxylic acids is 2. The Morgan fingerprint density at radius 3 is 1.14 bits per heavy atom. The highest BCUT2D eigenvalue weighted by Crippen LogP contribution is 2.14. The first-order valence-corrected chi connectivity index (χ1v) is 8.76. The number of hydrogen-bond acceptors (Lipinski definition) is 4. The largest absolute Gasteiger partial charge is 0.388 e. The van der Waals surface area contributed by atoms with E-state index in [0.717, 1.165) is 33.9 Å². The van der Waals surface area contributed by atoms with Crippen LogP contribution in [0.1, 0.15) is 25.0 Å². The maximum atomic E-state index is 10.7. The van der Waals surface area contributed by atoms with Crippen molar-refractivity contribution in [1.82, 2.24) is 10.6 Å². The molecule has 0 aliphatic heterocycles. The molecule has 0 spiro atoms. The summed E-state index contributed by atoms with van der Waals surface area (Å²) < 4.78 is 0. The fourth-order valence-corrected chi connectivity index (χ4v) is 2.20. The molecule has 2 aromatic rings. The highest BCUT2D eigenvalue weighted by Gasteiger charge is 1.98. The number of rotatable bonds is 6. The monoisotopic (exact) mass is 380 g/mol. The van der Waals surface area contributed by atoms with Crippen molar-refractivity contribution in [3.05, 3.63) is 72.8 Å². The molecule has 0 aliphatic rings. The fraction of sp³-hybridized carbons (Fsp3) is 0.182. The molecule has 2 aromatic carbocycles. The molecule has 6 nitrogen and oxygen atoms in total. The smallest absolute Gasteiger partial charge is 0.221 e. The summed E-state index contributed by atoms with van der Waals surface area (Å²) in [5, 5.41) is 11.3.